The molecule has 0 atom stereocenters. The minimum absolute atomic E-state index is 0.00948. The van der Waals surface area contributed by atoms with Gasteiger partial charge in [-0.1, -0.05) is 42.5 Å². The van der Waals surface area contributed by atoms with Crippen LogP contribution in [0.15, 0.2) is 54.6 Å². The van der Waals surface area contributed by atoms with Crippen LogP contribution in [0.3, 0.4) is 0 Å². The summed E-state index contributed by atoms with van der Waals surface area (Å²) < 4.78 is 27.1. The Balaban J connectivity index is 1.54. The van der Waals surface area contributed by atoms with E-state index in [1.807, 2.05) is 42.5 Å². The fourth-order valence-corrected chi connectivity index (χ4v) is 4.13. The van der Waals surface area contributed by atoms with E-state index in [1.54, 1.807) is 4.90 Å². The van der Waals surface area contributed by atoms with Crippen LogP contribution in [0.1, 0.15) is 11.1 Å². The minimum atomic E-state index is -3.33. The van der Waals surface area contributed by atoms with Gasteiger partial charge in [-0.05, 0) is 23.3 Å². The molecular formula is C19H26N3O2S+. The van der Waals surface area contributed by atoms with Gasteiger partial charge in [-0.25, -0.2) is 13.1 Å². The van der Waals surface area contributed by atoms with Crippen molar-refractivity contribution in [1.29, 1.82) is 0 Å². The second kappa shape index (κ2) is 7.99. The van der Waals surface area contributed by atoms with Crippen molar-refractivity contribution in [3.8, 4) is 0 Å². The van der Waals surface area contributed by atoms with Gasteiger partial charge in [-0.15, -0.1) is 0 Å². The fraction of sp³-hybridized carbons (Fsp3) is 0.368. The van der Waals surface area contributed by atoms with Crippen molar-refractivity contribution in [1.82, 2.24) is 4.72 Å². The molecule has 2 N–H and O–H groups in total. The first-order valence-electron chi connectivity index (χ1n) is 8.68. The number of nitrogens with one attached hydrogen (secondary N) is 2. The van der Waals surface area contributed by atoms with Gasteiger partial charge in [-0.2, -0.15) is 0 Å². The summed E-state index contributed by atoms with van der Waals surface area (Å²) in [5.74, 6) is 0.00948. The lowest BCUT2D eigenvalue weighted by atomic mass is 10.2. The topological polar surface area (TPSA) is 53.9 Å². The van der Waals surface area contributed by atoms with E-state index < -0.39 is 10.0 Å². The van der Waals surface area contributed by atoms with Crippen LogP contribution in [0.25, 0.3) is 0 Å². The predicted octanol–water partition coefficient (Wildman–Crippen LogP) is 0.641. The van der Waals surface area contributed by atoms with Gasteiger partial charge in [0.05, 0.1) is 39.0 Å². The highest BCUT2D eigenvalue weighted by Crippen LogP contribution is 2.15. The fourth-order valence-electron chi connectivity index (χ4n) is 3.01. The first-order chi connectivity index (χ1) is 12.0. The normalized spacial score (nSPS) is 16.1. The summed E-state index contributed by atoms with van der Waals surface area (Å²) in [5, 5.41) is 0. The summed E-state index contributed by atoms with van der Waals surface area (Å²) in [4.78, 5) is 3.96. The number of nitrogens with zero attached hydrogens (tertiary/aromatic N) is 1. The molecule has 1 fully saturated rings. The highest BCUT2D eigenvalue weighted by atomic mass is 32.2. The highest BCUT2D eigenvalue weighted by Gasteiger charge is 2.17. The molecule has 0 saturated carbocycles. The Bertz CT molecular complexity index is 768. The molecule has 0 radical (unpaired) electrons. The van der Waals surface area contributed by atoms with Crippen LogP contribution < -0.4 is 14.5 Å². The van der Waals surface area contributed by atoms with Gasteiger partial charge < -0.3 is 9.80 Å². The summed E-state index contributed by atoms with van der Waals surface area (Å²) in [6.07, 6.45) is 0. The average molecular weight is 361 g/mol. The number of quaternary nitrogens is 1. The van der Waals surface area contributed by atoms with Crippen LogP contribution in [0.4, 0.5) is 5.69 Å². The molecule has 5 nitrogen and oxygen atoms in total. The number of sulfonamides is 1. The zero-order chi connectivity index (χ0) is 17.7. The molecule has 2 aromatic carbocycles. The molecule has 0 aromatic heterocycles. The van der Waals surface area contributed by atoms with E-state index in [0.717, 1.165) is 37.3 Å². The molecule has 1 heterocycles. The zero-order valence-corrected chi connectivity index (χ0v) is 15.4. The van der Waals surface area contributed by atoms with Crippen molar-refractivity contribution in [3.05, 3.63) is 65.7 Å². The summed E-state index contributed by atoms with van der Waals surface area (Å²) in [6.45, 7) is 4.76. The molecule has 6 heteroatoms. The molecule has 1 aliphatic rings. The van der Waals surface area contributed by atoms with Gasteiger partial charge in [-0.3, -0.25) is 0 Å². The van der Waals surface area contributed by atoms with E-state index in [0.29, 0.717) is 6.54 Å². The monoisotopic (exact) mass is 360 g/mol. The molecule has 0 unspecified atom stereocenters. The molecule has 1 aliphatic heterocycles. The van der Waals surface area contributed by atoms with E-state index in [-0.39, 0.29) is 5.75 Å². The lowest BCUT2D eigenvalue weighted by molar-refractivity contribution is -0.880. The lowest BCUT2D eigenvalue weighted by Gasteiger charge is -2.31. The van der Waals surface area contributed by atoms with Gasteiger partial charge in [0.1, 0.15) is 0 Å². The number of rotatable bonds is 6. The molecule has 134 valence electrons. The smallest absolute Gasteiger partial charge is 0.216 e. The van der Waals surface area contributed by atoms with Crippen LogP contribution in [0, 0.1) is 0 Å². The second-order valence-corrected chi connectivity index (χ2v) is 8.48. The molecule has 0 bridgehead atoms. The van der Waals surface area contributed by atoms with Crippen molar-refractivity contribution in [2.45, 2.75) is 12.3 Å². The third-order valence-corrected chi connectivity index (χ3v) is 5.91. The quantitative estimate of drug-likeness (QED) is 0.795. The largest absolute Gasteiger partial charge is 0.360 e. The average Bonchev–Trinajstić information content (AvgIpc) is 2.62. The highest BCUT2D eigenvalue weighted by molar-refractivity contribution is 7.88. The number of benzene rings is 2. The molecule has 1 saturated heterocycles. The van der Waals surface area contributed by atoms with E-state index in [4.69, 9.17) is 0 Å². The maximum absolute atomic E-state index is 12.2. The Hall–Kier alpha value is -1.89. The minimum Gasteiger partial charge on any atom is -0.360 e. The number of piperazine rings is 1. The number of hydrogen-bond donors (Lipinski definition) is 2. The van der Waals surface area contributed by atoms with Crippen molar-refractivity contribution < 1.29 is 13.3 Å². The Labute approximate surface area is 150 Å². The first kappa shape index (κ1) is 17.9. The molecule has 3 rings (SSSR count). The maximum Gasteiger partial charge on any atom is 0.216 e. The summed E-state index contributed by atoms with van der Waals surface area (Å²) >= 11 is 0. The van der Waals surface area contributed by atoms with Gasteiger partial charge in [0.2, 0.25) is 10.0 Å². The predicted molar refractivity (Wildman–Crippen MR) is 101 cm³/mol. The molecule has 0 aliphatic carbocycles. The Morgan fingerprint density at radius 1 is 0.960 bits per heavy atom. The van der Waals surface area contributed by atoms with E-state index in [2.05, 4.69) is 28.8 Å². The van der Waals surface area contributed by atoms with Crippen LogP contribution >= 0.6 is 0 Å². The van der Waals surface area contributed by atoms with Crippen molar-refractivity contribution >= 4 is 15.7 Å². The summed E-state index contributed by atoms with van der Waals surface area (Å²) in [5.41, 5.74) is 2.98. The Morgan fingerprint density at radius 2 is 1.60 bits per heavy atom. The van der Waals surface area contributed by atoms with Crippen LogP contribution in [0.2, 0.25) is 0 Å². The van der Waals surface area contributed by atoms with Gasteiger partial charge in [0.25, 0.3) is 0 Å². The van der Waals surface area contributed by atoms with Gasteiger partial charge in [0, 0.05) is 12.2 Å². The molecular weight excluding hydrogens is 334 g/mol. The first-order valence-corrected chi connectivity index (χ1v) is 10.3. The standard InChI is InChI=1S/C19H25N3O2S/c1-21-11-13-22(14-12-21)19-9-7-17(8-10-19)15-20-25(23,24)16-18-5-3-2-4-6-18/h2-10,20H,11-16H2,1H3/p+1. The van der Waals surface area contributed by atoms with Crippen LogP contribution in [-0.2, 0) is 22.3 Å². The molecule has 25 heavy (non-hydrogen) atoms. The zero-order valence-electron chi connectivity index (χ0n) is 14.6. The van der Waals surface area contributed by atoms with Crippen molar-refractivity contribution in [3.63, 3.8) is 0 Å². The Kier molecular flexibility index (Phi) is 5.73. The van der Waals surface area contributed by atoms with Gasteiger partial charge in [0.15, 0.2) is 0 Å². The van der Waals surface area contributed by atoms with Gasteiger partial charge >= 0.3 is 0 Å². The molecule has 0 spiro atoms. The third-order valence-electron chi connectivity index (χ3n) is 4.61. The SMILES string of the molecule is C[NH+]1CCN(c2ccc(CNS(=O)(=O)Cc3ccccc3)cc2)CC1. The van der Waals surface area contributed by atoms with E-state index in [1.165, 1.54) is 5.69 Å². The molecule has 0 amide bonds. The number of likely N-dealkylation sites (N-methyl/N-ethyl adjacent to an activating group) is 1. The summed E-state index contributed by atoms with van der Waals surface area (Å²) in [6, 6.07) is 17.4. The molecule has 2 aromatic rings. The van der Waals surface area contributed by atoms with E-state index in [9.17, 15) is 8.42 Å². The number of hydrogen-bond acceptors (Lipinski definition) is 3. The lowest BCUT2D eigenvalue weighted by Crippen LogP contribution is -3.12. The second-order valence-electron chi connectivity index (χ2n) is 6.68. The summed E-state index contributed by atoms with van der Waals surface area (Å²) in [7, 11) is -1.11. The third kappa shape index (κ3) is 5.29. The van der Waals surface area contributed by atoms with Crippen LogP contribution in [0.5, 0.6) is 0 Å². The van der Waals surface area contributed by atoms with Crippen molar-refractivity contribution in [2.24, 2.45) is 0 Å². The number of anilines is 1. The maximum atomic E-state index is 12.2. The van der Waals surface area contributed by atoms with Crippen molar-refractivity contribution in [2.75, 3.05) is 38.1 Å². The van der Waals surface area contributed by atoms with E-state index >= 15 is 0 Å². The van der Waals surface area contributed by atoms with Crippen LogP contribution in [-0.4, -0.2) is 41.6 Å². The Morgan fingerprint density at radius 3 is 2.24 bits per heavy atom.